The molecule has 1 aromatic carbocycles. The molecule has 2 N–H and O–H groups in total. The van der Waals surface area contributed by atoms with E-state index in [0.717, 1.165) is 37.6 Å². The lowest BCUT2D eigenvalue weighted by Gasteiger charge is -2.12. The fourth-order valence-electron chi connectivity index (χ4n) is 3.68. The number of aryl methyl sites for hydroxylation is 1. The van der Waals surface area contributed by atoms with Gasteiger partial charge in [-0.05, 0) is 47.7 Å². The number of fused-ring (bicyclic) bond motifs is 1. The molecule has 0 aliphatic rings. The Kier molecular flexibility index (Phi) is 7.09. The topological polar surface area (TPSA) is 105 Å². The molecule has 2 aromatic heterocycles. The van der Waals surface area contributed by atoms with Crippen molar-refractivity contribution in [1.29, 1.82) is 0 Å². The fourth-order valence-corrected chi connectivity index (χ4v) is 4.30. The highest BCUT2D eigenvalue weighted by Gasteiger charge is 2.17. The number of carboxylic acid groups (broad SMARTS) is 1. The Hall–Kier alpha value is -2.75. The predicted octanol–water partition coefficient (Wildman–Crippen LogP) is 2.12. The van der Waals surface area contributed by atoms with E-state index in [-0.39, 0.29) is 6.42 Å². The quantitative estimate of drug-likeness (QED) is 0.498. The number of hydrogen-bond donors (Lipinski definition) is 2. The summed E-state index contributed by atoms with van der Waals surface area (Å²) >= 11 is 0. The highest BCUT2D eigenvalue weighted by atomic mass is 32.2. The number of carbonyl (C=O) groups is 1. The average Bonchev–Trinajstić information content (AvgIpc) is 2.97. The van der Waals surface area contributed by atoms with Gasteiger partial charge in [-0.2, -0.15) is 12.7 Å². The van der Waals surface area contributed by atoms with Gasteiger partial charge in [-0.15, -0.1) is 0 Å². The smallest absolute Gasteiger partial charge is 0.303 e. The van der Waals surface area contributed by atoms with Gasteiger partial charge in [-0.3, -0.25) is 9.78 Å². The number of rotatable bonds is 10. The summed E-state index contributed by atoms with van der Waals surface area (Å²) in [5.41, 5.74) is 5.17. The molecule has 0 saturated carbocycles. The second-order valence-corrected chi connectivity index (χ2v) is 9.67. The van der Waals surface area contributed by atoms with Crippen LogP contribution in [-0.2, 0) is 41.3 Å². The molecule has 166 valence electrons. The zero-order chi connectivity index (χ0) is 22.6. The van der Waals surface area contributed by atoms with Crippen molar-refractivity contribution in [3.05, 3.63) is 65.1 Å². The maximum Gasteiger partial charge on any atom is 0.303 e. The molecule has 0 spiro atoms. The van der Waals surface area contributed by atoms with Crippen LogP contribution in [0.3, 0.4) is 0 Å². The molecule has 0 aliphatic carbocycles. The standard InChI is InChI=1S/C22H28N4O4S/c1-25(2)31(29,30)24-12-10-16-6-7-20-18(13-16)19(14-17-5-4-11-23-15-17)21(26(20)3)8-9-22(27)28/h4-7,11,13,15,24H,8-10,12,14H2,1-3H3,(H,27,28). The van der Waals surface area contributed by atoms with E-state index < -0.39 is 16.2 Å². The Balaban J connectivity index is 1.94. The van der Waals surface area contributed by atoms with Gasteiger partial charge in [0.15, 0.2) is 0 Å². The van der Waals surface area contributed by atoms with Crippen molar-refractivity contribution in [2.24, 2.45) is 7.05 Å². The molecule has 0 unspecified atom stereocenters. The summed E-state index contributed by atoms with van der Waals surface area (Å²) in [6.07, 6.45) is 5.24. The second-order valence-electron chi connectivity index (χ2n) is 7.70. The van der Waals surface area contributed by atoms with Crippen LogP contribution in [0.25, 0.3) is 10.9 Å². The van der Waals surface area contributed by atoms with Crippen LogP contribution in [0.5, 0.6) is 0 Å². The Morgan fingerprint density at radius 3 is 2.61 bits per heavy atom. The van der Waals surface area contributed by atoms with Crippen LogP contribution >= 0.6 is 0 Å². The van der Waals surface area contributed by atoms with Gasteiger partial charge in [0.05, 0.1) is 6.42 Å². The molecule has 0 amide bonds. The first-order chi connectivity index (χ1) is 14.7. The number of nitrogens with zero attached hydrogens (tertiary/aromatic N) is 3. The monoisotopic (exact) mass is 444 g/mol. The minimum absolute atomic E-state index is 0.0589. The fraction of sp³-hybridized carbons (Fsp3) is 0.364. The number of pyridine rings is 1. The Bertz CT molecular complexity index is 1170. The van der Waals surface area contributed by atoms with Crippen LogP contribution in [0.15, 0.2) is 42.7 Å². The lowest BCUT2D eigenvalue weighted by Crippen LogP contribution is -2.36. The van der Waals surface area contributed by atoms with Crippen molar-refractivity contribution in [2.45, 2.75) is 25.7 Å². The minimum atomic E-state index is -3.46. The molecule has 31 heavy (non-hydrogen) atoms. The van der Waals surface area contributed by atoms with Gasteiger partial charge in [0, 0.05) is 63.1 Å². The normalized spacial score (nSPS) is 12.0. The SMILES string of the molecule is CN(C)S(=O)(=O)NCCc1ccc2c(c1)c(Cc1cccnc1)c(CCC(=O)O)n2C. The van der Waals surface area contributed by atoms with Crippen LogP contribution in [0, 0.1) is 0 Å². The molecule has 3 rings (SSSR count). The van der Waals surface area contributed by atoms with Crippen molar-refractivity contribution in [1.82, 2.24) is 18.6 Å². The molecule has 0 fully saturated rings. The number of nitrogens with one attached hydrogen (secondary N) is 1. The molecular formula is C22H28N4O4S. The van der Waals surface area contributed by atoms with Crippen molar-refractivity contribution < 1.29 is 18.3 Å². The number of carboxylic acids is 1. The third kappa shape index (κ3) is 5.49. The maximum absolute atomic E-state index is 11.9. The van der Waals surface area contributed by atoms with Gasteiger partial charge in [0.25, 0.3) is 10.2 Å². The van der Waals surface area contributed by atoms with E-state index >= 15 is 0 Å². The number of aliphatic carboxylic acids is 1. The number of aromatic nitrogens is 2. The first-order valence-corrected chi connectivity index (χ1v) is 11.5. The molecule has 0 saturated heterocycles. The largest absolute Gasteiger partial charge is 0.481 e. The van der Waals surface area contributed by atoms with Gasteiger partial charge in [-0.1, -0.05) is 12.1 Å². The van der Waals surface area contributed by atoms with Crippen LogP contribution in [0.1, 0.15) is 28.8 Å². The molecular weight excluding hydrogens is 416 g/mol. The first-order valence-electron chi connectivity index (χ1n) is 10.1. The van der Waals surface area contributed by atoms with Crippen LogP contribution < -0.4 is 4.72 Å². The van der Waals surface area contributed by atoms with E-state index in [1.807, 2.05) is 37.5 Å². The van der Waals surface area contributed by atoms with Gasteiger partial charge in [0.1, 0.15) is 0 Å². The van der Waals surface area contributed by atoms with Gasteiger partial charge < -0.3 is 9.67 Å². The third-order valence-corrected chi connectivity index (χ3v) is 6.89. The summed E-state index contributed by atoms with van der Waals surface area (Å²) in [6.45, 7) is 0.294. The maximum atomic E-state index is 11.9. The summed E-state index contributed by atoms with van der Waals surface area (Å²) in [6, 6.07) is 9.98. The molecule has 9 heteroatoms. The summed E-state index contributed by atoms with van der Waals surface area (Å²) in [5, 5.41) is 10.2. The van der Waals surface area contributed by atoms with Crippen molar-refractivity contribution in [3.63, 3.8) is 0 Å². The molecule has 2 heterocycles. The molecule has 0 aliphatic heterocycles. The summed E-state index contributed by atoms with van der Waals surface area (Å²) in [4.78, 5) is 15.4. The zero-order valence-corrected chi connectivity index (χ0v) is 18.8. The van der Waals surface area contributed by atoms with Crippen molar-refractivity contribution >= 4 is 27.1 Å². The second kappa shape index (κ2) is 9.59. The van der Waals surface area contributed by atoms with Gasteiger partial charge in [-0.25, -0.2) is 4.72 Å². The van der Waals surface area contributed by atoms with E-state index in [2.05, 4.69) is 20.3 Å². The van der Waals surface area contributed by atoms with E-state index in [4.69, 9.17) is 0 Å². The molecule has 0 bridgehead atoms. The zero-order valence-electron chi connectivity index (χ0n) is 18.0. The van der Waals surface area contributed by atoms with Crippen LogP contribution in [0.2, 0.25) is 0 Å². The van der Waals surface area contributed by atoms with E-state index in [1.54, 1.807) is 6.20 Å². The summed E-state index contributed by atoms with van der Waals surface area (Å²) in [5.74, 6) is -0.827. The molecule has 0 radical (unpaired) electrons. The number of hydrogen-bond acceptors (Lipinski definition) is 4. The predicted molar refractivity (Wildman–Crippen MR) is 120 cm³/mol. The third-order valence-electron chi connectivity index (χ3n) is 5.36. The summed E-state index contributed by atoms with van der Waals surface area (Å²) < 4.78 is 29.6. The Labute approximate surface area is 182 Å². The highest BCUT2D eigenvalue weighted by molar-refractivity contribution is 7.87. The molecule has 3 aromatic rings. The summed E-state index contributed by atoms with van der Waals surface area (Å²) in [7, 11) is 1.47. The van der Waals surface area contributed by atoms with Gasteiger partial charge >= 0.3 is 5.97 Å². The van der Waals surface area contributed by atoms with Crippen molar-refractivity contribution in [3.8, 4) is 0 Å². The van der Waals surface area contributed by atoms with Crippen LogP contribution in [0.4, 0.5) is 0 Å². The lowest BCUT2D eigenvalue weighted by molar-refractivity contribution is -0.136. The molecule has 0 atom stereocenters. The average molecular weight is 445 g/mol. The number of benzene rings is 1. The van der Waals surface area contributed by atoms with Crippen LogP contribution in [-0.4, -0.2) is 54.0 Å². The van der Waals surface area contributed by atoms with E-state index in [0.29, 0.717) is 25.8 Å². The lowest BCUT2D eigenvalue weighted by atomic mass is 9.99. The Morgan fingerprint density at radius 1 is 1.19 bits per heavy atom. The van der Waals surface area contributed by atoms with Crippen molar-refractivity contribution in [2.75, 3.05) is 20.6 Å². The van der Waals surface area contributed by atoms with Gasteiger partial charge in [0.2, 0.25) is 0 Å². The Morgan fingerprint density at radius 2 is 1.97 bits per heavy atom. The highest BCUT2D eigenvalue weighted by Crippen LogP contribution is 2.29. The minimum Gasteiger partial charge on any atom is -0.481 e. The van der Waals surface area contributed by atoms with E-state index in [9.17, 15) is 18.3 Å². The first kappa shape index (κ1) is 22.9. The molecule has 8 nitrogen and oxygen atoms in total. The van der Waals surface area contributed by atoms with E-state index in [1.165, 1.54) is 14.1 Å².